The largest absolute Gasteiger partial charge is 0.380 e. The zero-order chi connectivity index (χ0) is 14.9. The summed E-state index contributed by atoms with van der Waals surface area (Å²) in [5, 5.41) is 8.89. The van der Waals surface area contributed by atoms with Crippen molar-refractivity contribution >= 4 is 5.91 Å². The number of nitriles is 1. The van der Waals surface area contributed by atoms with E-state index in [0.717, 1.165) is 52.1 Å². The highest BCUT2D eigenvalue weighted by atomic mass is 16.5. The fourth-order valence-corrected chi connectivity index (χ4v) is 3.94. The van der Waals surface area contributed by atoms with Crippen molar-refractivity contribution in [2.24, 2.45) is 0 Å². The predicted octanol–water partition coefficient (Wildman–Crippen LogP) is -0.0925. The van der Waals surface area contributed by atoms with Crippen LogP contribution in [0.25, 0.3) is 0 Å². The zero-order valence-electron chi connectivity index (χ0n) is 12.8. The fraction of sp³-hybridized carbons (Fsp3) is 0.867. The highest BCUT2D eigenvalue weighted by molar-refractivity contribution is 5.87. The van der Waals surface area contributed by atoms with Crippen molar-refractivity contribution in [1.82, 2.24) is 14.7 Å². The van der Waals surface area contributed by atoms with Gasteiger partial charge in [-0.05, 0) is 26.3 Å². The molecule has 0 bridgehead atoms. The van der Waals surface area contributed by atoms with Gasteiger partial charge in [0.1, 0.15) is 12.1 Å². The van der Waals surface area contributed by atoms with Crippen LogP contribution in [0.15, 0.2) is 0 Å². The Morgan fingerprint density at radius 2 is 2.10 bits per heavy atom. The summed E-state index contributed by atoms with van der Waals surface area (Å²) in [6, 6.07) is 2.65. The first-order valence-corrected chi connectivity index (χ1v) is 7.87. The zero-order valence-corrected chi connectivity index (χ0v) is 12.8. The second-order valence-electron chi connectivity index (χ2n) is 6.39. The number of carbonyl (C=O) groups is 1. The number of rotatable bonds is 2. The monoisotopic (exact) mass is 292 g/mol. The first kappa shape index (κ1) is 14.8. The van der Waals surface area contributed by atoms with E-state index >= 15 is 0 Å². The average molecular weight is 292 g/mol. The summed E-state index contributed by atoms with van der Waals surface area (Å²) in [7, 11) is 2.05. The van der Waals surface area contributed by atoms with Crippen LogP contribution in [-0.4, -0.2) is 85.2 Å². The molecule has 0 aliphatic carbocycles. The number of likely N-dealkylation sites (tertiary alicyclic amines) is 1. The molecule has 3 aliphatic rings. The maximum atomic E-state index is 12.8. The van der Waals surface area contributed by atoms with E-state index in [1.807, 2.05) is 0 Å². The number of piperazine rings is 1. The molecule has 6 nitrogen and oxygen atoms in total. The quantitative estimate of drug-likeness (QED) is 0.666. The van der Waals surface area contributed by atoms with E-state index in [-0.39, 0.29) is 18.0 Å². The van der Waals surface area contributed by atoms with Crippen LogP contribution < -0.4 is 0 Å². The van der Waals surface area contributed by atoms with Crippen LogP contribution in [0.2, 0.25) is 0 Å². The molecule has 116 valence electrons. The van der Waals surface area contributed by atoms with E-state index in [9.17, 15) is 4.79 Å². The Bertz CT molecular complexity index is 433. The molecule has 3 saturated heterocycles. The molecule has 0 aromatic carbocycles. The van der Waals surface area contributed by atoms with Gasteiger partial charge in [0.15, 0.2) is 0 Å². The third-order valence-corrected chi connectivity index (χ3v) is 5.43. The summed E-state index contributed by atoms with van der Waals surface area (Å²) >= 11 is 0. The van der Waals surface area contributed by atoms with Gasteiger partial charge in [-0.3, -0.25) is 14.6 Å². The molecule has 3 aliphatic heterocycles. The number of amides is 1. The Kier molecular flexibility index (Phi) is 4.16. The number of carbonyl (C=O) groups excluding carboxylic acids is 1. The Balaban J connectivity index is 1.69. The first-order chi connectivity index (χ1) is 10.2. The van der Waals surface area contributed by atoms with E-state index in [4.69, 9.17) is 10.00 Å². The number of hydrogen-bond donors (Lipinski definition) is 0. The molecule has 0 saturated carbocycles. The highest BCUT2D eigenvalue weighted by Crippen LogP contribution is 2.34. The van der Waals surface area contributed by atoms with Crippen LogP contribution in [0.5, 0.6) is 0 Å². The first-order valence-electron chi connectivity index (χ1n) is 7.87. The minimum Gasteiger partial charge on any atom is -0.380 e. The maximum Gasteiger partial charge on any atom is 0.244 e. The third-order valence-electron chi connectivity index (χ3n) is 5.43. The molecule has 6 heteroatoms. The van der Waals surface area contributed by atoms with Crippen molar-refractivity contribution in [2.45, 2.75) is 30.8 Å². The van der Waals surface area contributed by atoms with Crippen molar-refractivity contribution in [2.75, 3.05) is 53.0 Å². The molecule has 3 heterocycles. The van der Waals surface area contributed by atoms with E-state index in [1.54, 1.807) is 4.90 Å². The van der Waals surface area contributed by atoms with E-state index < -0.39 is 0 Å². The Hall–Kier alpha value is -1.16. The van der Waals surface area contributed by atoms with Crippen LogP contribution in [-0.2, 0) is 9.53 Å². The molecule has 1 spiro atoms. The molecule has 0 aromatic rings. The molecule has 1 amide bonds. The van der Waals surface area contributed by atoms with E-state index in [2.05, 4.69) is 22.9 Å². The lowest BCUT2D eigenvalue weighted by atomic mass is 9.82. The number of nitrogens with zero attached hydrogens (tertiary/aromatic N) is 4. The molecular weight excluding hydrogens is 268 g/mol. The number of hydrogen-bond acceptors (Lipinski definition) is 5. The Morgan fingerprint density at radius 1 is 1.33 bits per heavy atom. The van der Waals surface area contributed by atoms with Crippen LogP contribution in [0.4, 0.5) is 0 Å². The SMILES string of the molecule is CN1CCN(CC#N)C(=O)C12CCN([C@@H]1CCOC1)CC2. The molecule has 3 rings (SSSR count). The second-order valence-corrected chi connectivity index (χ2v) is 6.39. The summed E-state index contributed by atoms with van der Waals surface area (Å²) in [6.07, 6.45) is 2.83. The smallest absolute Gasteiger partial charge is 0.244 e. The van der Waals surface area contributed by atoms with E-state index in [1.165, 1.54) is 0 Å². The summed E-state index contributed by atoms with van der Waals surface area (Å²) < 4.78 is 5.48. The Morgan fingerprint density at radius 3 is 2.71 bits per heavy atom. The van der Waals surface area contributed by atoms with Gasteiger partial charge < -0.3 is 9.64 Å². The van der Waals surface area contributed by atoms with Crippen LogP contribution in [0.3, 0.4) is 0 Å². The molecule has 3 fully saturated rings. The maximum absolute atomic E-state index is 12.8. The number of piperidine rings is 1. The summed E-state index contributed by atoms with van der Waals surface area (Å²) in [4.78, 5) is 19.2. The normalized spacial score (nSPS) is 30.8. The second kappa shape index (κ2) is 5.91. The Labute approximate surface area is 126 Å². The highest BCUT2D eigenvalue weighted by Gasteiger charge is 2.49. The van der Waals surface area contributed by atoms with Crippen LogP contribution in [0, 0.1) is 11.3 Å². The van der Waals surface area contributed by atoms with Crippen molar-refractivity contribution in [3.63, 3.8) is 0 Å². The molecule has 1 atom stereocenters. The van der Waals surface area contributed by atoms with Crippen molar-refractivity contribution in [3.05, 3.63) is 0 Å². The lowest BCUT2D eigenvalue weighted by Crippen LogP contribution is -2.68. The summed E-state index contributed by atoms with van der Waals surface area (Å²) in [5.74, 6) is 0.153. The fourth-order valence-electron chi connectivity index (χ4n) is 3.94. The molecule has 0 unspecified atom stereocenters. The molecular formula is C15H24N4O2. The van der Waals surface area contributed by atoms with Gasteiger partial charge in [-0.2, -0.15) is 5.26 Å². The van der Waals surface area contributed by atoms with Crippen LogP contribution >= 0.6 is 0 Å². The number of likely N-dealkylation sites (N-methyl/N-ethyl adjacent to an activating group) is 1. The van der Waals surface area contributed by atoms with Gasteiger partial charge in [0, 0.05) is 38.8 Å². The van der Waals surface area contributed by atoms with Crippen molar-refractivity contribution in [1.29, 1.82) is 5.26 Å². The van der Waals surface area contributed by atoms with Gasteiger partial charge in [-0.25, -0.2) is 0 Å². The van der Waals surface area contributed by atoms with Gasteiger partial charge in [-0.1, -0.05) is 0 Å². The summed E-state index contributed by atoms with van der Waals surface area (Å²) in [5.41, 5.74) is -0.384. The predicted molar refractivity (Wildman–Crippen MR) is 77.6 cm³/mol. The molecule has 0 aromatic heterocycles. The molecule has 0 N–H and O–H groups in total. The number of ether oxygens (including phenoxy) is 1. The van der Waals surface area contributed by atoms with Gasteiger partial charge >= 0.3 is 0 Å². The topological polar surface area (TPSA) is 59.8 Å². The van der Waals surface area contributed by atoms with Crippen LogP contribution in [0.1, 0.15) is 19.3 Å². The lowest BCUT2D eigenvalue weighted by Gasteiger charge is -2.51. The van der Waals surface area contributed by atoms with Crippen molar-refractivity contribution < 1.29 is 9.53 Å². The third kappa shape index (κ3) is 2.54. The summed E-state index contributed by atoms with van der Waals surface area (Å²) in [6.45, 7) is 5.34. The van der Waals surface area contributed by atoms with Gasteiger partial charge in [0.05, 0.1) is 12.7 Å². The van der Waals surface area contributed by atoms with Crippen molar-refractivity contribution in [3.8, 4) is 6.07 Å². The van der Waals surface area contributed by atoms with E-state index in [0.29, 0.717) is 12.6 Å². The standard InChI is InChI=1S/C15H24N4O2/c1-17-9-10-19(8-5-16)14(20)15(17)3-6-18(7-4-15)13-2-11-21-12-13/h13H,2-4,6-12H2,1H3/t13-/m1/s1. The average Bonchev–Trinajstić information content (AvgIpc) is 3.03. The molecule has 0 radical (unpaired) electrons. The lowest BCUT2D eigenvalue weighted by molar-refractivity contribution is -0.153. The molecule has 21 heavy (non-hydrogen) atoms. The minimum absolute atomic E-state index is 0.153. The van der Waals surface area contributed by atoms with Gasteiger partial charge in [-0.15, -0.1) is 0 Å². The van der Waals surface area contributed by atoms with Gasteiger partial charge in [0.2, 0.25) is 5.91 Å². The van der Waals surface area contributed by atoms with Gasteiger partial charge in [0.25, 0.3) is 0 Å². The minimum atomic E-state index is -0.384.